The van der Waals surface area contributed by atoms with Crippen molar-refractivity contribution in [1.29, 1.82) is 0 Å². The summed E-state index contributed by atoms with van der Waals surface area (Å²) in [7, 11) is 7.68. The number of hydrogen-bond donors (Lipinski definition) is 1. The van der Waals surface area contributed by atoms with Crippen LogP contribution in [0, 0.1) is 0 Å². The van der Waals surface area contributed by atoms with Gasteiger partial charge in [-0.2, -0.15) is 0 Å². The molecule has 0 aliphatic heterocycles. The number of halogens is 1. The summed E-state index contributed by atoms with van der Waals surface area (Å²) in [5.74, 6) is -0.722. The lowest BCUT2D eigenvalue weighted by Crippen LogP contribution is -2.35. The van der Waals surface area contributed by atoms with E-state index in [1.807, 2.05) is 28.2 Å². The van der Waals surface area contributed by atoms with Gasteiger partial charge in [0.1, 0.15) is 6.04 Å². The molecule has 0 aliphatic rings. The number of nitrogens with zero attached hydrogens (tertiary/aromatic N) is 2. The molecule has 5 heteroatoms. The zero-order chi connectivity index (χ0) is 11.1. The molecule has 0 heterocycles. The molecule has 0 saturated heterocycles. The van der Waals surface area contributed by atoms with E-state index in [-0.39, 0.29) is 18.4 Å². The molecule has 0 bridgehead atoms. The van der Waals surface area contributed by atoms with Gasteiger partial charge in [0.15, 0.2) is 0 Å². The summed E-state index contributed by atoms with van der Waals surface area (Å²) in [4.78, 5) is 14.7. The van der Waals surface area contributed by atoms with Gasteiger partial charge in [-0.25, -0.2) is 0 Å². The number of aliphatic carboxylic acids is 1. The molecule has 0 radical (unpaired) electrons. The van der Waals surface area contributed by atoms with Crippen molar-refractivity contribution in [1.82, 2.24) is 9.80 Å². The lowest BCUT2D eigenvalue weighted by Gasteiger charge is -2.20. The van der Waals surface area contributed by atoms with E-state index < -0.39 is 5.97 Å². The number of hydrogen-bond acceptors (Lipinski definition) is 3. The van der Waals surface area contributed by atoms with Crippen LogP contribution in [0.25, 0.3) is 0 Å². The summed E-state index contributed by atoms with van der Waals surface area (Å²) in [5, 5.41) is 8.90. The standard InChI is InChI=1S/C10H22N2O2.ClH/c1-11(2)8-6-5-7-9(10(13)14)12(3)4;/h9H,5-8H2,1-4H3,(H,13,14);1H/t9-;/m0./s1. The minimum Gasteiger partial charge on any atom is -0.480 e. The Bertz CT molecular complexity index is 175. The summed E-state index contributed by atoms with van der Waals surface area (Å²) in [6.45, 7) is 1.03. The van der Waals surface area contributed by atoms with Gasteiger partial charge >= 0.3 is 5.97 Å². The van der Waals surface area contributed by atoms with Gasteiger partial charge in [-0.1, -0.05) is 6.42 Å². The highest BCUT2D eigenvalue weighted by molar-refractivity contribution is 5.85. The van der Waals surface area contributed by atoms with E-state index >= 15 is 0 Å². The van der Waals surface area contributed by atoms with Crippen molar-refractivity contribution < 1.29 is 9.90 Å². The van der Waals surface area contributed by atoms with Crippen LogP contribution in [0.4, 0.5) is 0 Å². The van der Waals surface area contributed by atoms with Crippen molar-refractivity contribution in [3.63, 3.8) is 0 Å². The fourth-order valence-electron chi connectivity index (χ4n) is 1.37. The Hall–Kier alpha value is -0.320. The van der Waals surface area contributed by atoms with E-state index in [0.717, 1.165) is 25.8 Å². The Morgan fingerprint density at radius 3 is 2.07 bits per heavy atom. The van der Waals surface area contributed by atoms with Crippen LogP contribution in [0.15, 0.2) is 0 Å². The number of likely N-dealkylation sites (N-methyl/N-ethyl adjacent to an activating group) is 1. The highest BCUT2D eigenvalue weighted by Crippen LogP contribution is 2.06. The molecule has 1 N–H and O–H groups in total. The van der Waals surface area contributed by atoms with Crippen molar-refractivity contribution in [2.75, 3.05) is 34.7 Å². The molecule has 0 aliphatic carbocycles. The van der Waals surface area contributed by atoms with Crippen molar-refractivity contribution in [2.45, 2.75) is 25.3 Å². The monoisotopic (exact) mass is 238 g/mol. The van der Waals surface area contributed by atoms with E-state index in [9.17, 15) is 4.79 Å². The van der Waals surface area contributed by atoms with Crippen LogP contribution < -0.4 is 0 Å². The minimum atomic E-state index is -0.722. The molecule has 0 amide bonds. The van der Waals surface area contributed by atoms with E-state index in [2.05, 4.69) is 4.90 Å². The zero-order valence-electron chi connectivity index (χ0n) is 10.1. The molecule has 0 rings (SSSR count). The quantitative estimate of drug-likeness (QED) is 0.676. The second kappa shape index (κ2) is 8.95. The van der Waals surface area contributed by atoms with Gasteiger partial charge in [0.05, 0.1) is 0 Å². The molecule has 4 nitrogen and oxygen atoms in total. The Morgan fingerprint density at radius 2 is 1.73 bits per heavy atom. The first-order chi connectivity index (χ1) is 6.45. The van der Waals surface area contributed by atoms with Crippen molar-refractivity contribution in [2.24, 2.45) is 0 Å². The first-order valence-corrected chi connectivity index (χ1v) is 4.99. The second-order valence-corrected chi connectivity index (χ2v) is 4.12. The predicted octanol–water partition coefficient (Wildman–Crippen LogP) is 1.15. The van der Waals surface area contributed by atoms with Gasteiger partial charge in [-0.05, 0) is 47.6 Å². The van der Waals surface area contributed by atoms with E-state index in [4.69, 9.17) is 5.11 Å². The molecule has 0 aromatic carbocycles. The maximum atomic E-state index is 10.8. The maximum Gasteiger partial charge on any atom is 0.320 e. The summed E-state index contributed by atoms with van der Waals surface area (Å²) in [6, 6.07) is -0.336. The van der Waals surface area contributed by atoms with Crippen molar-refractivity contribution in [3.05, 3.63) is 0 Å². The first-order valence-electron chi connectivity index (χ1n) is 4.99. The molecular formula is C10H23ClN2O2. The third-order valence-electron chi connectivity index (χ3n) is 2.24. The first kappa shape index (κ1) is 17.1. The minimum absolute atomic E-state index is 0. The van der Waals surface area contributed by atoms with Crippen molar-refractivity contribution in [3.8, 4) is 0 Å². The normalized spacial score (nSPS) is 12.7. The fourth-order valence-corrected chi connectivity index (χ4v) is 1.37. The lowest BCUT2D eigenvalue weighted by atomic mass is 10.1. The van der Waals surface area contributed by atoms with Gasteiger partial charge < -0.3 is 10.0 Å². The Morgan fingerprint density at radius 1 is 1.20 bits per heavy atom. The van der Waals surface area contributed by atoms with E-state index in [1.54, 1.807) is 4.90 Å². The van der Waals surface area contributed by atoms with Crippen molar-refractivity contribution >= 4 is 18.4 Å². The molecular weight excluding hydrogens is 216 g/mol. The topological polar surface area (TPSA) is 43.8 Å². The van der Waals surface area contributed by atoms with Crippen LogP contribution in [-0.2, 0) is 4.79 Å². The average Bonchev–Trinajstić information content (AvgIpc) is 2.01. The van der Waals surface area contributed by atoms with Crippen LogP contribution in [0.2, 0.25) is 0 Å². The van der Waals surface area contributed by atoms with Gasteiger partial charge in [0, 0.05) is 0 Å². The molecule has 1 atom stereocenters. The Kier molecular flexibility index (Phi) is 10.2. The zero-order valence-corrected chi connectivity index (χ0v) is 10.9. The SMILES string of the molecule is CN(C)CCCC[C@@H](C(=O)O)N(C)C.Cl. The molecule has 15 heavy (non-hydrogen) atoms. The molecule has 0 aromatic heterocycles. The molecule has 0 fully saturated rings. The predicted molar refractivity (Wildman–Crippen MR) is 64.8 cm³/mol. The highest BCUT2D eigenvalue weighted by atomic mass is 35.5. The number of carboxylic acid groups (broad SMARTS) is 1. The molecule has 0 aromatic rings. The summed E-state index contributed by atoms with van der Waals surface area (Å²) in [6.07, 6.45) is 2.76. The average molecular weight is 239 g/mol. The van der Waals surface area contributed by atoms with Crippen LogP contribution in [0.1, 0.15) is 19.3 Å². The van der Waals surface area contributed by atoms with Gasteiger partial charge in [0.25, 0.3) is 0 Å². The third-order valence-corrected chi connectivity index (χ3v) is 2.24. The largest absolute Gasteiger partial charge is 0.480 e. The van der Waals surface area contributed by atoms with Gasteiger partial charge in [0.2, 0.25) is 0 Å². The lowest BCUT2D eigenvalue weighted by molar-refractivity contribution is -0.142. The number of carbonyl (C=O) groups is 1. The van der Waals surface area contributed by atoms with Crippen LogP contribution >= 0.6 is 12.4 Å². The summed E-state index contributed by atoms with van der Waals surface area (Å²) in [5.41, 5.74) is 0. The smallest absolute Gasteiger partial charge is 0.320 e. The van der Waals surface area contributed by atoms with Crippen LogP contribution in [0.5, 0.6) is 0 Å². The highest BCUT2D eigenvalue weighted by Gasteiger charge is 2.18. The molecule has 0 unspecified atom stereocenters. The van der Waals surface area contributed by atoms with Gasteiger partial charge in [-0.15, -0.1) is 12.4 Å². The number of rotatable bonds is 7. The third kappa shape index (κ3) is 8.66. The second-order valence-electron chi connectivity index (χ2n) is 4.12. The Labute approximate surface area is 98.7 Å². The summed E-state index contributed by atoms with van der Waals surface area (Å²) >= 11 is 0. The molecule has 0 spiro atoms. The van der Waals surface area contributed by atoms with E-state index in [1.165, 1.54) is 0 Å². The van der Waals surface area contributed by atoms with Gasteiger partial charge in [-0.3, -0.25) is 9.69 Å². The van der Waals surface area contributed by atoms with Crippen LogP contribution in [0.3, 0.4) is 0 Å². The Balaban J connectivity index is 0. The maximum absolute atomic E-state index is 10.8. The fraction of sp³-hybridized carbons (Fsp3) is 0.900. The van der Waals surface area contributed by atoms with E-state index in [0.29, 0.717) is 0 Å². The number of unbranched alkanes of at least 4 members (excludes halogenated alkanes) is 1. The summed E-state index contributed by atoms with van der Waals surface area (Å²) < 4.78 is 0. The molecule has 92 valence electrons. The van der Waals surface area contributed by atoms with Crippen LogP contribution in [-0.4, -0.2) is 61.7 Å². The number of carboxylic acids is 1. The molecule has 0 saturated carbocycles.